The molecule has 1 aromatic heterocycles. The van der Waals surface area contributed by atoms with Crippen LogP contribution in [0, 0.1) is 0 Å². The van der Waals surface area contributed by atoms with Crippen molar-refractivity contribution < 1.29 is 5.11 Å². The van der Waals surface area contributed by atoms with Crippen molar-refractivity contribution in [3.63, 3.8) is 0 Å². The highest BCUT2D eigenvalue weighted by molar-refractivity contribution is 6.35. The van der Waals surface area contributed by atoms with Crippen LogP contribution in [0.2, 0.25) is 10.0 Å². The lowest BCUT2D eigenvalue weighted by molar-refractivity contribution is 0.469. The van der Waals surface area contributed by atoms with E-state index in [2.05, 4.69) is 10.3 Å². The molecule has 21 heavy (non-hydrogen) atoms. The first-order valence-corrected chi connectivity index (χ1v) is 7.14. The number of fused-ring (bicyclic) bond motifs is 1. The van der Waals surface area contributed by atoms with Gasteiger partial charge in [-0.05, 0) is 24.3 Å². The topological polar surface area (TPSA) is 45.1 Å². The van der Waals surface area contributed by atoms with Gasteiger partial charge in [0.25, 0.3) is 0 Å². The second-order valence-electron chi connectivity index (χ2n) is 4.65. The number of halogens is 2. The van der Waals surface area contributed by atoms with Gasteiger partial charge in [0.2, 0.25) is 0 Å². The Balaban J connectivity index is 1.91. The first kappa shape index (κ1) is 14.0. The van der Waals surface area contributed by atoms with Gasteiger partial charge in [-0.2, -0.15) is 0 Å². The summed E-state index contributed by atoms with van der Waals surface area (Å²) in [6.07, 6.45) is 3.56. The fourth-order valence-electron chi connectivity index (χ4n) is 2.22. The summed E-state index contributed by atoms with van der Waals surface area (Å²) in [7, 11) is 0. The van der Waals surface area contributed by atoms with Gasteiger partial charge in [0.05, 0.1) is 5.02 Å². The third-order valence-electron chi connectivity index (χ3n) is 3.26. The molecule has 0 fully saturated rings. The molecule has 3 aromatic rings. The van der Waals surface area contributed by atoms with Crippen LogP contribution in [0.25, 0.3) is 10.8 Å². The number of anilines is 1. The van der Waals surface area contributed by atoms with Gasteiger partial charge in [0.15, 0.2) is 0 Å². The summed E-state index contributed by atoms with van der Waals surface area (Å²) >= 11 is 11.9. The molecular formula is C16H12Cl2N2O. The Labute approximate surface area is 132 Å². The average molecular weight is 319 g/mol. The number of phenols is 1. The SMILES string of the molecule is Oc1c(Cl)cc(Cl)cc1CNc1cccc2cnccc12. The molecule has 0 saturated heterocycles. The molecule has 0 spiro atoms. The molecule has 3 nitrogen and oxygen atoms in total. The van der Waals surface area contributed by atoms with Crippen LogP contribution < -0.4 is 5.32 Å². The molecule has 0 saturated carbocycles. The summed E-state index contributed by atoms with van der Waals surface area (Å²) in [4.78, 5) is 4.11. The number of phenolic OH excluding ortho intramolecular Hbond substituents is 1. The van der Waals surface area contributed by atoms with E-state index in [1.807, 2.05) is 30.5 Å². The normalized spacial score (nSPS) is 10.8. The maximum atomic E-state index is 9.97. The van der Waals surface area contributed by atoms with Crippen molar-refractivity contribution in [3.8, 4) is 5.75 Å². The minimum Gasteiger partial charge on any atom is -0.506 e. The Bertz CT molecular complexity index is 800. The lowest BCUT2D eigenvalue weighted by Gasteiger charge is -2.12. The maximum Gasteiger partial charge on any atom is 0.139 e. The molecule has 2 aromatic carbocycles. The second kappa shape index (κ2) is 5.80. The molecule has 2 N–H and O–H groups in total. The lowest BCUT2D eigenvalue weighted by atomic mass is 10.1. The van der Waals surface area contributed by atoms with E-state index in [9.17, 15) is 5.11 Å². The Morgan fingerprint density at radius 3 is 2.86 bits per heavy atom. The number of benzene rings is 2. The van der Waals surface area contributed by atoms with Crippen LogP contribution in [0.3, 0.4) is 0 Å². The number of hydrogen-bond acceptors (Lipinski definition) is 3. The van der Waals surface area contributed by atoms with Gasteiger partial charge < -0.3 is 10.4 Å². The first-order valence-electron chi connectivity index (χ1n) is 6.38. The highest BCUT2D eigenvalue weighted by Gasteiger charge is 2.08. The number of aromatic hydroxyl groups is 1. The lowest BCUT2D eigenvalue weighted by Crippen LogP contribution is -2.00. The number of nitrogens with zero attached hydrogens (tertiary/aromatic N) is 1. The molecule has 0 unspecified atom stereocenters. The first-order chi connectivity index (χ1) is 10.1. The summed E-state index contributed by atoms with van der Waals surface area (Å²) in [5, 5.41) is 16.1. The van der Waals surface area contributed by atoms with Crippen molar-refractivity contribution in [3.05, 3.63) is 64.4 Å². The highest BCUT2D eigenvalue weighted by atomic mass is 35.5. The third kappa shape index (κ3) is 2.89. The zero-order chi connectivity index (χ0) is 14.8. The average Bonchev–Trinajstić information content (AvgIpc) is 2.49. The van der Waals surface area contributed by atoms with Crippen LogP contribution in [0.4, 0.5) is 5.69 Å². The molecule has 0 atom stereocenters. The van der Waals surface area contributed by atoms with E-state index in [4.69, 9.17) is 23.2 Å². The van der Waals surface area contributed by atoms with Gasteiger partial charge in [-0.1, -0.05) is 35.3 Å². The highest BCUT2D eigenvalue weighted by Crippen LogP contribution is 2.32. The molecule has 0 aliphatic rings. The van der Waals surface area contributed by atoms with Crippen LogP contribution in [0.15, 0.2) is 48.8 Å². The Hall–Kier alpha value is -1.97. The van der Waals surface area contributed by atoms with E-state index in [0.717, 1.165) is 16.5 Å². The van der Waals surface area contributed by atoms with E-state index >= 15 is 0 Å². The van der Waals surface area contributed by atoms with Crippen molar-refractivity contribution in [1.29, 1.82) is 0 Å². The van der Waals surface area contributed by atoms with Crippen molar-refractivity contribution in [2.24, 2.45) is 0 Å². The van der Waals surface area contributed by atoms with Crippen LogP contribution in [0.5, 0.6) is 5.75 Å². The van der Waals surface area contributed by atoms with Gasteiger partial charge in [-0.25, -0.2) is 0 Å². The quantitative estimate of drug-likeness (QED) is 0.725. The number of rotatable bonds is 3. The van der Waals surface area contributed by atoms with Gasteiger partial charge >= 0.3 is 0 Å². The second-order valence-corrected chi connectivity index (χ2v) is 5.49. The van der Waals surface area contributed by atoms with E-state index in [0.29, 0.717) is 17.1 Å². The number of hydrogen-bond donors (Lipinski definition) is 2. The van der Waals surface area contributed by atoms with Crippen molar-refractivity contribution in [1.82, 2.24) is 4.98 Å². The molecule has 0 radical (unpaired) electrons. The zero-order valence-corrected chi connectivity index (χ0v) is 12.5. The van der Waals surface area contributed by atoms with Crippen LogP contribution in [0.1, 0.15) is 5.56 Å². The van der Waals surface area contributed by atoms with Gasteiger partial charge in [-0.15, -0.1) is 0 Å². The monoisotopic (exact) mass is 318 g/mol. The maximum absolute atomic E-state index is 9.97. The van der Waals surface area contributed by atoms with Gasteiger partial charge in [0.1, 0.15) is 5.75 Å². The number of aromatic nitrogens is 1. The van der Waals surface area contributed by atoms with Crippen molar-refractivity contribution in [2.45, 2.75) is 6.54 Å². The van der Waals surface area contributed by atoms with Crippen molar-refractivity contribution in [2.75, 3.05) is 5.32 Å². The molecule has 106 valence electrons. The molecule has 3 rings (SSSR count). The smallest absolute Gasteiger partial charge is 0.139 e. The molecule has 0 aliphatic carbocycles. The predicted octanol–water partition coefficient (Wildman–Crippen LogP) is 4.86. The predicted molar refractivity (Wildman–Crippen MR) is 87.2 cm³/mol. The van der Waals surface area contributed by atoms with Crippen molar-refractivity contribution >= 4 is 39.7 Å². The number of nitrogens with one attached hydrogen (secondary N) is 1. The summed E-state index contributed by atoms with van der Waals surface area (Å²) < 4.78 is 0. The summed E-state index contributed by atoms with van der Waals surface area (Å²) in [5.41, 5.74) is 1.61. The summed E-state index contributed by atoms with van der Waals surface area (Å²) in [6.45, 7) is 0.424. The number of pyridine rings is 1. The standard InChI is InChI=1S/C16H12Cl2N2O/c17-12-6-11(16(21)14(18)7-12)9-20-15-3-1-2-10-8-19-5-4-13(10)15/h1-8,20-21H,9H2. The Morgan fingerprint density at radius 2 is 2.00 bits per heavy atom. The molecular weight excluding hydrogens is 307 g/mol. The van der Waals surface area contributed by atoms with Crippen LogP contribution in [-0.4, -0.2) is 10.1 Å². The molecule has 1 heterocycles. The Morgan fingerprint density at radius 1 is 1.14 bits per heavy atom. The van der Waals surface area contributed by atoms with E-state index in [-0.39, 0.29) is 10.8 Å². The zero-order valence-electron chi connectivity index (χ0n) is 11.0. The fourth-order valence-corrected chi connectivity index (χ4v) is 2.76. The van der Waals surface area contributed by atoms with E-state index < -0.39 is 0 Å². The van der Waals surface area contributed by atoms with E-state index in [1.165, 1.54) is 6.07 Å². The summed E-state index contributed by atoms with van der Waals surface area (Å²) in [6, 6.07) is 11.1. The minimum atomic E-state index is 0.0514. The Kier molecular flexibility index (Phi) is 3.86. The largest absolute Gasteiger partial charge is 0.506 e. The van der Waals surface area contributed by atoms with E-state index in [1.54, 1.807) is 12.3 Å². The van der Waals surface area contributed by atoms with Gasteiger partial charge in [-0.3, -0.25) is 4.98 Å². The molecule has 0 amide bonds. The molecule has 5 heteroatoms. The summed E-state index contributed by atoms with van der Waals surface area (Å²) in [5.74, 6) is 0.0514. The third-order valence-corrected chi connectivity index (χ3v) is 3.76. The fraction of sp³-hybridized carbons (Fsp3) is 0.0625. The van der Waals surface area contributed by atoms with Gasteiger partial charge in [0, 0.05) is 46.0 Å². The van der Waals surface area contributed by atoms with Crippen LogP contribution in [-0.2, 0) is 6.54 Å². The minimum absolute atomic E-state index is 0.0514. The molecule has 0 aliphatic heterocycles. The van der Waals surface area contributed by atoms with Crippen LogP contribution >= 0.6 is 23.2 Å². The molecule has 0 bridgehead atoms.